The highest BCUT2D eigenvalue weighted by Crippen LogP contribution is 2.37. The Balaban J connectivity index is 1.33. The Morgan fingerprint density at radius 3 is 2.56 bits per heavy atom. The topological polar surface area (TPSA) is 97.4 Å². The maximum atomic E-state index is 5.84. The number of hydrogen-bond acceptors (Lipinski definition) is 8. The van der Waals surface area contributed by atoms with Gasteiger partial charge in [-0.2, -0.15) is 5.10 Å². The van der Waals surface area contributed by atoms with Gasteiger partial charge in [0.05, 0.1) is 5.54 Å². The molecule has 2 N–H and O–H groups in total. The summed E-state index contributed by atoms with van der Waals surface area (Å²) in [5, 5.41) is 11.5. The highest BCUT2D eigenvalue weighted by Gasteiger charge is 2.42. The highest BCUT2D eigenvalue weighted by molar-refractivity contribution is 5.54. The van der Waals surface area contributed by atoms with Crippen LogP contribution in [-0.2, 0) is 19.7 Å². The molecule has 9 heteroatoms. The molecule has 0 aliphatic carbocycles. The molecular weight excluding hydrogens is 432 g/mol. The van der Waals surface area contributed by atoms with Gasteiger partial charge in [0.1, 0.15) is 0 Å². The molecule has 2 saturated heterocycles. The van der Waals surface area contributed by atoms with Crippen LogP contribution in [0.4, 0.5) is 5.69 Å². The van der Waals surface area contributed by atoms with Gasteiger partial charge in [0, 0.05) is 69.8 Å². The Morgan fingerprint density at radius 1 is 1.09 bits per heavy atom. The maximum Gasteiger partial charge on any atom is 0.181 e. The van der Waals surface area contributed by atoms with Crippen molar-refractivity contribution in [2.75, 3.05) is 39.2 Å². The second-order valence-corrected chi connectivity index (χ2v) is 9.02. The van der Waals surface area contributed by atoms with E-state index in [4.69, 9.17) is 19.2 Å². The van der Waals surface area contributed by atoms with E-state index in [-0.39, 0.29) is 24.0 Å². The van der Waals surface area contributed by atoms with Gasteiger partial charge >= 0.3 is 0 Å². The fraction of sp³-hybridized carbons (Fsp3) is 0.480. The predicted octanol–water partition coefficient (Wildman–Crippen LogP) is 3.25. The van der Waals surface area contributed by atoms with Crippen LogP contribution in [0.5, 0.6) is 0 Å². The number of hydrogen-bond donors (Lipinski definition) is 2. The van der Waals surface area contributed by atoms with Gasteiger partial charge in [-0.15, -0.1) is 0 Å². The van der Waals surface area contributed by atoms with Gasteiger partial charge in [-0.3, -0.25) is 10.1 Å². The summed E-state index contributed by atoms with van der Waals surface area (Å²) in [4.78, 5) is 11.5. The summed E-state index contributed by atoms with van der Waals surface area (Å²) >= 11 is 0. The molecule has 0 bridgehead atoms. The third-order valence-corrected chi connectivity index (χ3v) is 6.90. The van der Waals surface area contributed by atoms with E-state index in [0.717, 1.165) is 56.0 Å². The minimum absolute atomic E-state index is 0.195. The van der Waals surface area contributed by atoms with Crippen molar-refractivity contribution < 1.29 is 14.2 Å². The average molecular weight is 465 g/mol. The Kier molecular flexibility index (Phi) is 6.87. The monoisotopic (exact) mass is 464 g/mol. The smallest absolute Gasteiger partial charge is 0.181 e. The van der Waals surface area contributed by atoms with Crippen molar-refractivity contribution in [3.63, 3.8) is 0 Å². The van der Waals surface area contributed by atoms with Crippen molar-refractivity contribution in [3.8, 4) is 11.4 Å². The van der Waals surface area contributed by atoms with Crippen LogP contribution in [0.2, 0.25) is 0 Å². The molecule has 3 unspecified atom stereocenters. The number of likely N-dealkylation sites (tertiary alicyclic amines) is 1. The van der Waals surface area contributed by atoms with E-state index in [1.54, 1.807) is 26.6 Å². The molecule has 2 fully saturated rings. The van der Waals surface area contributed by atoms with Crippen molar-refractivity contribution >= 4 is 5.69 Å². The second-order valence-electron chi connectivity index (χ2n) is 9.02. The standard InChI is InChI=1S/C25H32N6O3/c1-32-21-16-19(23(33-2)34-21)17-31-14-10-25(11-15-31,28-20-6-4-3-5-7-20)24-27-22(29-30-24)18-8-12-26-13-9-18/h3-9,12-13,19,21,23,28H,10-11,14-17H2,1-2H3,(H,27,29,30). The number of aromatic nitrogens is 4. The molecule has 2 aliphatic heterocycles. The molecular formula is C25H32N6O3. The summed E-state index contributed by atoms with van der Waals surface area (Å²) in [6, 6.07) is 14.2. The largest absolute Gasteiger partial charge is 0.373 e. The van der Waals surface area contributed by atoms with Gasteiger partial charge < -0.3 is 24.4 Å². The summed E-state index contributed by atoms with van der Waals surface area (Å²) in [6.07, 6.45) is 5.73. The van der Waals surface area contributed by atoms with Crippen LogP contribution in [-0.4, -0.2) is 71.5 Å². The van der Waals surface area contributed by atoms with Crippen molar-refractivity contribution in [3.05, 3.63) is 60.7 Å². The number of anilines is 1. The number of piperidine rings is 1. The van der Waals surface area contributed by atoms with E-state index in [9.17, 15) is 0 Å². The lowest BCUT2D eigenvalue weighted by atomic mass is 9.85. The van der Waals surface area contributed by atoms with E-state index in [1.807, 2.05) is 30.3 Å². The molecule has 2 aromatic heterocycles. The molecule has 9 nitrogen and oxygen atoms in total. The average Bonchev–Trinajstić information content (AvgIpc) is 3.54. The van der Waals surface area contributed by atoms with Crippen LogP contribution in [0.15, 0.2) is 54.9 Å². The number of nitrogens with zero attached hydrogens (tertiary/aromatic N) is 4. The van der Waals surface area contributed by atoms with Crippen molar-refractivity contribution in [2.24, 2.45) is 5.92 Å². The normalized spacial score (nSPS) is 24.8. The third kappa shape index (κ3) is 4.83. The minimum Gasteiger partial charge on any atom is -0.373 e. The van der Waals surface area contributed by atoms with E-state index >= 15 is 0 Å². The number of ether oxygens (including phenoxy) is 3. The molecule has 2 aliphatic rings. The van der Waals surface area contributed by atoms with Crippen molar-refractivity contribution in [1.82, 2.24) is 25.1 Å². The third-order valence-electron chi connectivity index (χ3n) is 6.90. The summed E-state index contributed by atoms with van der Waals surface area (Å²) in [5.74, 6) is 1.83. The number of H-pyrrole nitrogens is 1. The lowest BCUT2D eigenvalue weighted by molar-refractivity contribution is -0.193. The van der Waals surface area contributed by atoms with Gasteiger partial charge in [0.15, 0.2) is 24.2 Å². The van der Waals surface area contributed by atoms with Crippen LogP contribution < -0.4 is 5.32 Å². The summed E-state index contributed by atoms with van der Waals surface area (Å²) < 4.78 is 16.8. The van der Waals surface area contributed by atoms with Crippen LogP contribution in [0.1, 0.15) is 25.1 Å². The van der Waals surface area contributed by atoms with Gasteiger partial charge in [0.2, 0.25) is 0 Å². The molecule has 0 spiro atoms. The summed E-state index contributed by atoms with van der Waals surface area (Å²) in [7, 11) is 3.38. The molecule has 0 radical (unpaired) electrons. The first-order valence-corrected chi connectivity index (χ1v) is 11.8. The molecule has 34 heavy (non-hydrogen) atoms. The Hall–Kier alpha value is -2.85. The second kappa shape index (κ2) is 10.2. The van der Waals surface area contributed by atoms with E-state index in [0.29, 0.717) is 5.82 Å². The number of rotatable bonds is 8. The molecule has 4 heterocycles. The Labute approximate surface area is 199 Å². The van der Waals surface area contributed by atoms with Crippen molar-refractivity contribution in [2.45, 2.75) is 37.4 Å². The Bertz CT molecular complexity index is 1040. The first-order valence-electron chi connectivity index (χ1n) is 11.8. The number of methoxy groups -OCH3 is 2. The van der Waals surface area contributed by atoms with Gasteiger partial charge in [-0.05, 0) is 37.1 Å². The molecule has 1 aromatic carbocycles. The van der Waals surface area contributed by atoms with Crippen LogP contribution in [0.3, 0.4) is 0 Å². The summed E-state index contributed by atoms with van der Waals surface area (Å²) in [5.41, 5.74) is 1.69. The quantitative estimate of drug-likeness (QED) is 0.524. The van der Waals surface area contributed by atoms with Gasteiger partial charge in [-0.1, -0.05) is 18.2 Å². The molecule has 180 valence electrons. The molecule has 0 amide bonds. The van der Waals surface area contributed by atoms with Gasteiger partial charge in [0.25, 0.3) is 0 Å². The Morgan fingerprint density at radius 2 is 1.85 bits per heavy atom. The number of nitrogens with one attached hydrogen (secondary N) is 2. The predicted molar refractivity (Wildman–Crippen MR) is 128 cm³/mol. The fourth-order valence-electron chi connectivity index (χ4n) is 5.01. The van der Waals surface area contributed by atoms with Gasteiger partial charge in [-0.25, -0.2) is 4.98 Å². The molecule has 3 aromatic rings. The molecule has 0 saturated carbocycles. The maximum absolute atomic E-state index is 5.84. The summed E-state index contributed by atoms with van der Waals surface area (Å²) in [6.45, 7) is 2.77. The lowest BCUT2D eigenvalue weighted by Gasteiger charge is -2.42. The number of para-hydroxylation sites is 1. The van der Waals surface area contributed by atoms with E-state index < -0.39 is 0 Å². The van der Waals surface area contributed by atoms with Crippen LogP contribution in [0.25, 0.3) is 11.4 Å². The fourth-order valence-corrected chi connectivity index (χ4v) is 5.01. The van der Waals surface area contributed by atoms with Crippen LogP contribution in [0, 0.1) is 5.92 Å². The zero-order valence-corrected chi connectivity index (χ0v) is 19.7. The SMILES string of the molecule is COC1CC(CN2CCC(Nc3ccccc3)(c3nc(-c4ccncc4)n[nH]3)CC2)C(OC)O1. The first-order chi connectivity index (χ1) is 16.7. The number of aromatic amines is 1. The minimum atomic E-state index is -0.335. The van der Waals surface area contributed by atoms with E-state index in [2.05, 4.69) is 37.5 Å². The first kappa shape index (κ1) is 22.9. The zero-order chi connectivity index (χ0) is 23.4. The number of benzene rings is 1. The van der Waals surface area contributed by atoms with Crippen molar-refractivity contribution in [1.29, 1.82) is 0 Å². The van der Waals surface area contributed by atoms with E-state index in [1.165, 1.54) is 0 Å². The van der Waals surface area contributed by atoms with Crippen LogP contribution >= 0.6 is 0 Å². The molecule has 5 rings (SSSR count). The lowest BCUT2D eigenvalue weighted by Crippen LogP contribution is -2.49. The highest BCUT2D eigenvalue weighted by atomic mass is 16.8. The zero-order valence-electron chi connectivity index (χ0n) is 19.7. The molecule has 3 atom stereocenters. The number of pyridine rings is 1.